The summed E-state index contributed by atoms with van der Waals surface area (Å²) in [6, 6.07) is 25.5. The van der Waals surface area contributed by atoms with Crippen molar-refractivity contribution in [2.45, 2.75) is 156 Å². The van der Waals surface area contributed by atoms with E-state index in [0.717, 1.165) is 98.4 Å². The van der Waals surface area contributed by atoms with Crippen LogP contribution in [0.4, 0.5) is 4.79 Å². The van der Waals surface area contributed by atoms with E-state index in [-0.39, 0.29) is 125 Å². The summed E-state index contributed by atoms with van der Waals surface area (Å²) in [7, 11) is -0.723. The standard InChI is InChI=1S/C23H26Cl2N4O3S.C22H24Cl2N4O3.2C18H17Cl2N3O3.C17H16Cl2N4O2/c1-13-18(10-26)21(17-7-4-14(24)9-19(17)25)22-20(27-13)12-28(23(22)30)11-15-3-2-8-29(15)33(31,32)16-5-6-16;1-3-31-22(30)27-7-6-14(10-27)28-11-18-20(21(28)29)19(16(9-25)12(2)26-18)15-5-4-13(23)8-17(15)24;2*1-9-12(6-21)16(11-4-3-10(19)5-14(11)20)13-7-23(8-15(24)26-2)18(25)17(13)22-9;1-8-11(5-20)15(10-3-2-9(18)4-12(10)19)16-13(22-8)6-23(17(16)25)7-14(21)24/h4,7,9,15-16H,2-3,5-6,8,10-12,26H2,1H3;4-5,8,14H,3,6-7,9-11,25H2,1-2H3;2*3-5H,6-8,21H2,1-2H3;2-4H,5-7,20H2,1H3,(H2,21,24)/t15-;14-;;;/m00.../s1. The van der Waals surface area contributed by atoms with Crippen LogP contribution in [0.5, 0.6) is 0 Å². The van der Waals surface area contributed by atoms with E-state index >= 15 is 0 Å². The maximum absolute atomic E-state index is 13.6. The van der Waals surface area contributed by atoms with E-state index in [1.54, 1.807) is 125 Å². The lowest BCUT2D eigenvalue weighted by molar-refractivity contribution is -0.142. The molecule has 32 nitrogen and oxygen atoms in total. The Morgan fingerprint density at radius 3 is 1.11 bits per heavy atom. The van der Waals surface area contributed by atoms with Gasteiger partial charge in [0.2, 0.25) is 15.9 Å². The van der Waals surface area contributed by atoms with Gasteiger partial charge in [-0.15, -0.1) is 0 Å². The summed E-state index contributed by atoms with van der Waals surface area (Å²) in [4.78, 5) is 144. The second-order valence-corrected chi connectivity index (χ2v) is 40.9. The number of halogens is 10. The van der Waals surface area contributed by atoms with E-state index < -0.39 is 27.9 Å². The van der Waals surface area contributed by atoms with Gasteiger partial charge in [-0.3, -0.25) is 53.3 Å². The normalized spacial score (nSPS) is 16.1. The highest BCUT2D eigenvalue weighted by Gasteiger charge is 2.48. The number of benzene rings is 5. The number of carbonyl (C=O) groups excluding carboxylic acids is 9. The summed E-state index contributed by atoms with van der Waals surface area (Å²) in [5, 5.41) is 4.51. The highest BCUT2D eigenvalue weighted by atomic mass is 35.5. The van der Waals surface area contributed by atoms with Gasteiger partial charge in [-0.05, 0) is 173 Å². The Hall–Kier alpha value is -10.5. The average molecular weight is 2140 g/mol. The number of amides is 7. The van der Waals surface area contributed by atoms with Crippen molar-refractivity contribution >= 4 is 180 Å². The molecular formula is C98H100Cl10N18O14S. The minimum atomic E-state index is -3.29. The number of likely N-dealkylation sites (tertiary alicyclic amines) is 1. The van der Waals surface area contributed by atoms with Crippen LogP contribution in [0.3, 0.4) is 0 Å². The van der Waals surface area contributed by atoms with E-state index in [0.29, 0.717) is 198 Å². The number of carbonyl (C=O) groups is 9. The second kappa shape index (κ2) is 44.8. The molecule has 141 heavy (non-hydrogen) atoms. The summed E-state index contributed by atoms with van der Waals surface area (Å²) in [6.45, 7) is 15.3. The van der Waals surface area contributed by atoms with Crippen molar-refractivity contribution < 1.29 is 65.8 Å². The van der Waals surface area contributed by atoms with Crippen molar-refractivity contribution in [1.29, 1.82) is 0 Å². The molecule has 12 N–H and O–H groups in total. The van der Waals surface area contributed by atoms with Crippen LogP contribution in [0.25, 0.3) is 55.6 Å². The van der Waals surface area contributed by atoms with E-state index in [1.165, 1.54) is 28.9 Å². The highest BCUT2D eigenvalue weighted by Crippen LogP contribution is 2.48. The SMILES string of the molecule is CCOC(=O)N1CC[C@H](N2Cc3nc(C)c(CN)c(-c4ccc(Cl)cc4Cl)c3C2=O)C1.COC(=O)CN1Cc2c(nc(C)c(CN)c2-c2ccc(Cl)cc2Cl)C1=O.COC(=O)CN1Cc2c(nc(C)c(CN)c2-c2ccc(Cl)cc2Cl)C1=O.Cc1nc2c(c(-c3ccc(Cl)cc3Cl)c1CN)C(=O)N(CC(N)=O)C2.Cc1nc2c(c(-c3ccc(Cl)cc3Cl)c1CN)C(=O)N(C[C@@H]1CCCN1S(=O)(=O)C1CC1)C2. The molecule has 0 radical (unpaired) electrons. The number of ether oxygens (including phenoxy) is 3. The van der Waals surface area contributed by atoms with Gasteiger partial charge in [0, 0.05) is 212 Å². The van der Waals surface area contributed by atoms with Gasteiger partial charge in [-0.25, -0.2) is 23.2 Å². The molecule has 1 aliphatic carbocycles. The minimum absolute atomic E-state index is 0.0960. The average Bonchev–Trinajstić information content (AvgIpc) is 1.65. The van der Waals surface area contributed by atoms with Crippen LogP contribution in [0.15, 0.2) is 91.0 Å². The molecule has 0 bridgehead atoms. The molecule has 2 saturated heterocycles. The first-order chi connectivity index (χ1) is 67.1. The third kappa shape index (κ3) is 22.0. The summed E-state index contributed by atoms with van der Waals surface area (Å²) in [6.07, 6.45) is 3.38. The molecule has 0 unspecified atom stereocenters. The number of primary amides is 1. The van der Waals surface area contributed by atoms with Gasteiger partial charge >= 0.3 is 18.0 Å². The monoisotopic (exact) mass is 2130 g/mol. The molecular weight excluding hydrogens is 2040 g/mol. The van der Waals surface area contributed by atoms with E-state index in [1.807, 2.05) is 26.8 Å². The Labute approximate surface area is 864 Å². The van der Waals surface area contributed by atoms with E-state index in [9.17, 15) is 51.6 Å². The van der Waals surface area contributed by atoms with Gasteiger partial charge in [0.25, 0.3) is 29.5 Å². The number of fused-ring (bicyclic) bond motifs is 5. The van der Waals surface area contributed by atoms with Crippen LogP contribution < -0.4 is 34.4 Å². The van der Waals surface area contributed by atoms with Crippen molar-refractivity contribution in [2.75, 3.05) is 66.6 Å². The van der Waals surface area contributed by atoms with Crippen molar-refractivity contribution in [1.82, 2.24) is 58.6 Å². The summed E-state index contributed by atoms with van der Waals surface area (Å²) >= 11 is 62.4. The lowest BCUT2D eigenvalue weighted by Gasteiger charge is -2.28. The number of nitrogens with zero attached hydrogens (tertiary/aromatic N) is 12. The van der Waals surface area contributed by atoms with Crippen LogP contribution in [0.1, 0.15) is 176 Å². The third-order valence-corrected chi connectivity index (χ3v) is 30.9. The van der Waals surface area contributed by atoms with Crippen molar-refractivity contribution in [3.63, 3.8) is 0 Å². The van der Waals surface area contributed by atoms with Gasteiger partial charge in [0.15, 0.2) is 0 Å². The summed E-state index contributed by atoms with van der Waals surface area (Å²) in [5.41, 5.74) is 55.2. The van der Waals surface area contributed by atoms with Gasteiger partial charge in [-0.1, -0.05) is 146 Å². The highest BCUT2D eigenvalue weighted by molar-refractivity contribution is 7.90. The number of sulfonamides is 1. The van der Waals surface area contributed by atoms with Crippen molar-refractivity contribution in [3.8, 4) is 55.6 Å². The molecule has 0 spiro atoms. The number of hydrogen-bond acceptors (Lipinski definition) is 24. The molecule has 8 aliphatic rings. The molecule has 7 amide bonds. The zero-order valence-electron chi connectivity index (χ0n) is 77.9. The van der Waals surface area contributed by atoms with Crippen molar-refractivity contribution in [2.24, 2.45) is 34.4 Å². The number of aryl methyl sites for hydroxylation is 5. The number of nitrogens with two attached hydrogens (primary N) is 6. The summed E-state index contributed by atoms with van der Waals surface area (Å²) < 4.78 is 41.8. The van der Waals surface area contributed by atoms with Crippen LogP contribution in [0, 0.1) is 34.6 Å². The fourth-order valence-corrected chi connectivity index (χ4v) is 23.5. The Morgan fingerprint density at radius 2 is 0.752 bits per heavy atom. The predicted octanol–water partition coefficient (Wildman–Crippen LogP) is 15.9. The molecule has 7 aliphatic heterocycles. The molecule has 5 aromatic carbocycles. The topological polar surface area (TPSA) is 459 Å². The van der Waals surface area contributed by atoms with Crippen LogP contribution in [0.2, 0.25) is 50.2 Å². The smallest absolute Gasteiger partial charge is 0.409 e. The zero-order valence-corrected chi connectivity index (χ0v) is 86.3. The number of esters is 2. The third-order valence-electron chi connectivity index (χ3n) is 25.7. The Balaban J connectivity index is 0.000000141. The molecule has 5 aromatic heterocycles. The van der Waals surface area contributed by atoms with Crippen LogP contribution in [-0.4, -0.2) is 204 Å². The lowest BCUT2D eigenvalue weighted by atomic mass is 9.93. The lowest BCUT2D eigenvalue weighted by Crippen LogP contribution is -2.44. The number of methoxy groups -OCH3 is 2. The molecule has 1 saturated carbocycles. The predicted molar refractivity (Wildman–Crippen MR) is 542 cm³/mol. The number of hydrogen-bond donors (Lipinski definition) is 6. The number of aromatic nitrogens is 5. The number of pyridine rings is 5. The quantitative estimate of drug-likeness (QED) is 0.0271. The van der Waals surface area contributed by atoms with Crippen LogP contribution >= 0.6 is 116 Å². The van der Waals surface area contributed by atoms with Gasteiger partial charge in [0.05, 0.1) is 85.5 Å². The maximum Gasteiger partial charge on any atom is 0.409 e. The largest absolute Gasteiger partial charge is 0.468 e. The van der Waals surface area contributed by atoms with Crippen LogP contribution in [-0.2, 0) is 104 Å². The summed E-state index contributed by atoms with van der Waals surface area (Å²) in [5.74, 6) is -2.79. The fourth-order valence-electron chi connectivity index (χ4n) is 18.9. The van der Waals surface area contributed by atoms with Crippen molar-refractivity contribution in [3.05, 3.63) is 254 Å². The Bertz CT molecular complexity index is 6750. The molecule has 10 aromatic rings. The Kier molecular flexibility index (Phi) is 33.8. The molecule has 2 atom stereocenters. The zero-order chi connectivity index (χ0) is 102. The van der Waals surface area contributed by atoms with E-state index in [2.05, 4.69) is 24.4 Å². The molecule has 18 rings (SSSR count). The molecule has 742 valence electrons. The molecule has 3 fully saturated rings. The maximum atomic E-state index is 13.6. The second-order valence-electron chi connectivity index (χ2n) is 34.5. The van der Waals surface area contributed by atoms with Gasteiger partial charge < -0.3 is 78.0 Å². The van der Waals surface area contributed by atoms with Gasteiger partial charge in [0.1, 0.15) is 31.0 Å². The fraction of sp³-hybridized carbons (Fsp3) is 0.347. The first-order valence-electron chi connectivity index (χ1n) is 44.9. The first kappa shape index (κ1) is 106. The minimum Gasteiger partial charge on any atom is -0.468 e. The van der Waals surface area contributed by atoms with Gasteiger partial charge in [-0.2, -0.15) is 4.31 Å². The number of rotatable bonds is 22. The molecule has 43 heteroatoms. The first-order valence-corrected chi connectivity index (χ1v) is 50.1. The Morgan fingerprint density at radius 1 is 0.411 bits per heavy atom. The molecule has 12 heterocycles. The van der Waals surface area contributed by atoms with E-state index in [4.69, 9.17) is 165 Å².